The highest BCUT2D eigenvalue weighted by atomic mass is 35.5. The molecule has 0 saturated heterocycles. The van der Waals surface area contributed by atoms with Crippen molar-refractivity contribution in [3.63, 3.8) is 0 Å². The highest BCUT2D eigenvalue weighted by molar-refractivity contribution is 6.42. The molecule has 0 bridgehead atoms. The van der Waals surface area contributed by atoms with Crippen LogP contribution in [-0.2, 0) is 4.79 Å². The van der Waals surface area contributed by atoms with Crippen LogP contribution in [0.15, 0.2) is 48.5 Å². The maximum Gasteiger partial charge on any atom is 0.260 e. The second-order valence-corrected chi connectivity index (χ2v) is 6.50. The third-order valence-corrected chi connectivity index (χ3v) is 4.85. The van der Waals surface area contributed by atoms with Crippen LogP contribution in [0.4, 0.5) is 0 Å². The molecule has 1 amide bonds. The van der Waals surface area contributed by atoms with Crippen LogP contribution in [0.25, 0.3) is 6.08 Å². The Balaban J connectivity index is 1.98. The summed E-state index contributed by atoms with van der Waals surface area (Å²) < 4.78 is 5.49. The first-order chi connectivity index (χ1) is 13.0. The minimum absolute atomic E-state index is 0.0257. The lowest BCUT2D eigenvalue weighted by Crippen LogP contribution is -2.34. The van der Waals surface area contributed by atoms with Gasteiger partial charge < -0.3 is 9.64 Å². The first-order valence-corrected chi connectivity index (χ1v) is 9.38. The topological polar surface area (TPSA) is 46.6 Å². The minimum atomic E-state index is -0.170. The van der Waals surface area contributed by atoms with Crippen molar-refractivity contribution in [3.8, 4) is 5.75 Å². The van der Waals surface area contributed by atoms with E-state index in [9.17, 15) is 9.59 Å². The summed E-state index contributed by atoms with van der Waals surface area (Å²) in [5.74, 6) is 0.298. The molecule has 0 unspecified atom stereocenters. The van der Waals surface area contributed by atoms with Crippen molar-refractivity contribution in [2.45, 2.75) is 13.8 Å². The predicted molar refractivity (Wildman–Crippen MR) is 110 cm³/mol. The summed E-state index contributed by atoms with van der Waals surface area (Å²) in [5.41, 5.74) is 1.18. The van der Waals surface area contributed by atoms with Gasteiger partial charge in [0.1, 0.15) is 5.75 Å². The van der Waals surface area contributed by atoms with Crippen molar-refractivity contribution < 1.29 is 14.3 Å². The summed E-state index contributed by atoms with van der Waals surface area (Å²) in [6.45, 7) is 5.12. The number of likely N-dealkylation sites (N-methyl/N-ethyl adjacent to an activating group) is 1. The maximum absolute atomic E-state index is 12.3. The molecule has 27 heavy (non-hydrogen) atoms. The number of amides is 1. The van der Waals surface area contributed by atoms with Gasteiger partial charge in [-0.3, -0.25) is 9.59 Å². The summed E-state index contributed by atoms with van der Waals surface area (Å²) in [7, 11) is 0. The number of halogens is 2. The van der Waals surface area contributed by atoms with Crippen LogP contribution in [0.5, 0.6) is 5.75 Å². The quantitative estimate of drug-likeness (QED) is 0.451. The average Bonchev–Trinajstić information content (AvgIpc) is 2.68. The molecule has 2 aromatic carbocycles. The van der Waals surface area contributed by atoms with Gasteiger partial charge in [-0.25, -0.2) is 0 Å². The van der Waals surface area contributed by atoms with Gasteiger partial charge in [0.2, 0.25) is 0 Å². The molecule has 0 atom stereocenters. The lowest BCUT2D eigenvalue weighted by molar-refractivity contribution is -0.132. The van der Waals surface area contributed by atoms with Crippen LogP contribution in [-0.4, -0.2) is 36.3 Å². The number of ketones is 1. The third kappa shape index (κ3) is 5.84. The monoisotopic (exact) mass is 405 g/mol. The molecule has 6 heteroatoms. The van der Waals surface area contributed by atoms with Crippen molar-refractivity contribution in [2.24, 2.45) is 0 Å². The smallest absolute Gasteiger partial charge is 0.260 e. The molecule has 0 saturated carbocycles. The van der Waals surface area contributed by atoms with Gasteiger partial charge in [-0.15, -0.1) is 0 Å². The molecule has 0 aliphatic rings. The van der Waals surface area contributed by atoms with E-state index in [0.29, 0.717) is 40.0 Å². The Labute approximate surface area is 169 Å². The van der Waals surface area contributed by atoms with E-state index in [0.717, 1.165) is 0 Å². The van der Waals surface area contributed by atoms with Gasteiger partial charge in [0.15, 0.2) is 12.4 Å². The molecule has 0 heterocycles. The van der Waals surface area contributed by atoms with E-state index in [1.54, 1.807) is 53.4 Å². The normalized spacial score (nSPS) is 10.8. The van der Waals surface area contributed by atoms with E-state index in [1.165, 1.54) is 6.08 Å². The molecule has 0 spiro atoms. The highest BCUT2D eigenvalue weighted by Gasteiger charge is 2.10. The fourth-order valence-corrected chi connectivity index (χ4v) is 2.81. The van der Waals surface area contributed by atoms with Gasteiger partial charge in [-0.1, -0.05) is 35.3 Å². The van der Waals surface area contributed by atoms with Crippen molar-refractivity contribution in [2.75, 3.05) is 19.7 Å². The van der Waals surface area contributed by atoms with E-state index in [4.69, 9.17) is 27.9 Å². The molecule has 0 N–H and O–H groups in total. The van der Waals surface area contributed by atoms with E-state index in [1.807, 2.05) is 13.8 Å². The van der Waals surface area contributed by atoms with Crippen LogP contribution in [0, 0.1) is 0 Å². The molecule has 0 radical (unpaired) electrons. The third-order valence-electron chi connectivity index (χ3n) is 4.01. The predicted octanol–water partition coefficient (Wildman–Crippen LogP) is 5.14. The summed E-state index contributed by atoms with van der Waals surface area (Å²) in [4.78, 5) is 25.9. The molecule has 4 nitrogen and oxygen atoms in total. The standard InChI is InChI=1S/C21H21Cl2NO3/c1-3-24(4-2)20(26)14-27-17-11-8-15(9-12-17)19(25)13-10-16-6-5-7-18(22)21(16)23/h5-13H,3-4,14H2,1-2H3/b13-10+. The van der Waals surface area contributed by atoms with Crippen molar-refractivity contribution in [3.05, 3.63) is 69.7 Å². The average molecular weight is 406 g/mol. The minimum Gasteiger partial charge on any atom is -0.484 e. The maximum atomic E-state index is 12.3. The number of carbonyl (C=O) groups excluding carboxylic acids is 2. The van der Waals surface area contributed by atoms with E-state index in [2.05, 4.69) is 0 Å². The largest absolute Gasteiger partial charge is 0.484 e. The number of carbonyl (C=O) groups is 2. The summed E-state index contributed by atoms with van der Waals surface area (Å²) in [6.07, 6.45) is 3.07. The Morgan fingerprint density at radius 2 is 1.70 bits per heavy atom. The molecule has 2 rings (SSSR count). The zero-order chi connectivity index (χ0) is 19.8. The van der Waals surface area contributed by atoms with E-state index < -0.39 is 0 Å². The van der Waals surface area contributed by atoms with Crippen LogP contribution < -0.4 is 4.74 Å². The number of ether oxygens (including phenoxy) is 1. The first-order valence-electron chi connectivity index (χ1n) is 8.63. The number of benzene rings is 2. The fourth-order valence-electron chi connectivity index (χ4n) is 2.44. The van der Waals surface area contributed by atoms with Gasteiger partial charge in [-0.05, 0) is 61.9 Å². The Morgan fingerprint density at radius 1 is 1.04 bits per heavy atom. The molecule has 142 valence electrons. The van der Waals surface area contributed by atoms with Gasteiger partial charge in [0.25, 0.3) is 5.91 Å². The molecule has 0 fully saturated rings. The second kappa shape index (κ2) is 10.1. The number of hydrogen-bond acceptors (Lipinski definition) is 3. The number of allylic oxidation sites excluding steroid dienone is 1. The van der Waals surface area contributed by atoms with Gasteiger partial charge in [0, 0.05) is 18.7 Å². The van der Waals surface area contributed by atoms with Gasteiger partial charge >= 0.3 is 0 Å². The van der Waals surface area contributed by atoms with Crippen molar-refractivity contribution in [1.82, 2.24) is 4.90 Å². The number of hydrogen-bond donors (Lipinski definition) is 0. The summed E-state index contributed by atoms with van der Waals surface area (Å²) in [6, 6.07) is 11.9. The highest BCUT2D eigenvalue weighted by Crippen LogP contribution is 2.26. The van der Waals surface area contributed by atoms with Crippen molar-refractivity contribution in [1.29, 1.82) is 0 Å². The van der Waals surface area contributed by atoms with Gasteiger partial charge in [0.05, 0.1) is 10.0 Å². The zero-order valence-electron chi connectivity index (χ0n) is 15.2. The van der Waals surface area contributed by atoms with Crippen LogP contribution in [0.2, 0.25) is 10.0 Å². The van der Waals surface area contributed by atoms with Crippen LogP contribution in [0.1, 0.15) is 29.8 Å². The lowest BCUT2D eigenvalue weighted by atomic mass is 10.1. The molecular formula is C21H21Cl2NO3. The molecule has 0 aliphatic carbocycles. The number of nitrogens with zero attached hydrogens (tertiary/aromatic N) is 1. The fraction of sp³-hybridized carbons (Fsp3) is 0.238. The van der Waals surface area contributed by atoms with E-state index in [-0.39, 0.29) is 18.3 Å². The summed E-state index contributed by atoms with van der Waals surface area (Å²) in [5, 5.41) is 0.844. The van der Waals surface area contributed by atoms with Crippen LogP contribution >= 0.6 is 23.2 Å². The zero-order valence-corrected chi connectivity index (χ0v) is 16.8. The summed E-state index contributed by atoms with van der Waals surface area (Å²) >= 11 is 12.1. The Bertz CT molecular complexity index is 828. The van der Waals surface area contributed by atoms with E-state index >= 15 is 0 Å². The van der Waals surface area contributed by atoms with Crippen molar-refractivity contribution >= 4 is 41.0 Å². The molecule has 0 aliphatic heterocycles. The molecule has 0 aromatic heterocycles. The lowest BCUT2D eigenvalue weighted by Gasteiger charge is -2.18. The SMILES string of the molecule is CCN(CC)C(=O)COc1ccc(C(=O)/C=C/c2cccc(Cl)c2Cl)cc1. The van der Waals surface area contributed by atoms with Crippen LogP contribution in [0.3, 0.4) is 0 Å². The molecule has 2 aromatic rings. The number of rotatable bonds is 8. The molecular weight excluding hydrogens is 385 g/mol. The van der Waals surface area contributed by atoms with Gasteiger partial charge in [-0.2, -0.15) is 0 Å². The Kier molecular flexibility index (Phi) is 7.89. The Hall–Kier alpha value is -2.30. The Morgan fingerprint density at radius 3 is 2.33 bits per heavy atom. The first kappa shape index (κ1) is 21.0. The second-order valence-electron chi connectivity index (χ2n) is 5.72.